The van der Waals surface area contributed by atoms with Gasteiger partial charge in [0.25, 0.3) is 0 Å². The van der Waals surface area contributed by atoms with Crippen LogP contribution in [0.3, 0.4) is 0 Å². The predicted molar refractivity (Wildman–Crippen MR) is 49.9 cm³/mol. The molecule has 0 aliphatic heterocycles. The van der Waals surface area contributed by atoms with Crippen LogP contribution >= 0.6 is 24.8 Å². The number of allylic oxidation sites excluding steroid dienone is 4. The van der Waals surface area contributed by atoms with Crippen molar-refractivity contribution in [3.05, 3.63) is 24.3 Å². The molecule has 0 nitrogen and oxygen atoms in total. The van der Waals surface area contributed by atoms with Crippen LogP contribution < -0.4 is 0 Å². The van der Waals surface area contributed by atoms with Crippen molar-refractivity contribution in [2.75, 3.05) is 0 Å². The van der Waals surface area contributed by atoms with Gasteiger partial charge in [-0.05, 0) is 0 Å². The maximum Gasteiger partial charge on any atom is 0 e. The maximum atomic E-state index is 3.18. The van der Waals surface area contributed by atoms with Crippen LogP contribution in [-0.4, -0.2) is 0 Å². The van der Waals surface area contributed by atoms with Gasteiger partial charge in [-0.3, -0.25) is 6.08 Å². The Morgan fingerprint density at radius 2 is 1.82 bits per heavy atom. The maximum absolute atomic E-state index is 3.18. The molecule has 70 valence electrons. The van der Waals surface area contributed by atoms with E-state index < -0.39 is 0 Å². The molecule has 0 N–H and O–H groups in total. The Morgan fingerprint density at radius 1 is 1.09 bits per heavy atom. The van der Waals surface area contributed by atoms with E-state index in [2.05, 4.69) is 18.2 Å². The van der Waals surface area contributed by atoms with Crippen molar-refractivity contribution >= 4 is 24.8 Å². The van der Waals surface area contributed by atoms with Crippen molar-refractivity contribution in [1.82, 2.24) is 0 Å². The molecule has 0 unspecified atom stereocenters. The summed E-state index contributed by atoms with van der Waals surface area (Å²) >= 11 is 0. The van der Waals surface area contributed by atoms with E-state index in [0.29, 0.717) is 0 Å². The minimum atomic E-state index is 0. The van der Waals surface area contributed by atoms with Gasteiger partial charge in [-0.15, -0.1) is 31.2 Å². The first kappa shape index (κ1) is 17.7. The van der Waals surface area contributed by atoms with Crippen LogP contribution in [0.4, 0.5) is 0 Å². The van der Waals surface area contributed by atoms with Crippen molar-refractivity contribution in [3.8, 4) is 0 Å². The van der Waals surface area contributed by atoms with E-state index in [1.165, 1.54) is 19.3 Å². The van der Waals surface area contributed by atoms with E-state index in [1.54, 1.807) is 0 Å². The molecule has 0 aromatic heterocycles. The molecule has 1 aliphatic carbocycles. The van der Waals surface area contributed by atoms with E-state index in [9.17, 15) is 0 Å². The van der Waals surface area contributed by atoms with Gasteiger partial charge < -0.3 is 0 Å². The van der Waals surface area contributed by atoms with E-state index >= 15 is 0 Å². The van der Waals surface area contributed by atoms with Crippen molar-refractivity contribution in [2.45, 2.75) is 25.7 Å². The van der Waals surface area contributed by atoms with Gasteiger partial charge in [-0.25, -0.2) is 12.2 Å². The third-order valence-electron chi connectivity index (χ3n) is 1.29. The van der Waals surface area contributed by atoms with E-state index in [1.807, 2.05) is 6.08 Å². The van der Waals surface area contributed by atoms with Crippen molar-refractivity contribution in [2.24, 2.45) is 0 Å². The van der Waals surface area contributed by atoms with Crippen LogP contribution in [-0.2, 0) is 20.4 Å². The molecule has 11 heavy (non-hydrogen) atoms. The predicted octanol–water partition coefficient (Wildman–Crippen LogP) is 3.32. The molecule has 0 saturated carbocycles. The number of hydrogen-bond acceptors (Lipinski definition) is 0. The average molecular weight is 287 g/mol. The summed E-state index contributed by atoms with van der Waals surface area (Å²) in [4.78, 5) is 0. The first-order valence-electron chi connectivity index (χ1n) is 3.22. The Bertz CT molecular complexity index is 96.7. The zero-order chi connectivity index (χ0) is 5.66. The Hall–Kier alpha value is 0.722. The zero-order valence-electron chi connectivity index (χ0n) is 6.19. The second-order valence-electron chi connectivity index (χ2n) is 2.04. The molecular formula is C8H13Cl2Pd-. The molecule has 0 aromatic carbocycles. The monoisotopic (exact) mass is 285 g/mol. The fourth-order valence-corrected chi connectivity index (χ4v) is 0.805. The van der Waals surface area contributed by atoms with E-state index in [0.717, 1.165) is 6.42 Å². The second-order valence-corrected chi connectivity index (χ2v) is 2.04. The number of rotatable bonds is 0. The standard InChI is InChI=1S/C8H11.2ClH.Pd/c1-2-4-6-8-7-5-3-1;;;/h1-3H,4,6-8H2;2*1H;/q-1;;;. The summed E-state index contributed by atoms with van der Waals surface area (Å²) < 4.78 is 0. The SMILES string of the molecule is Cl.Cl.[C-]1=CC=CCCCC1.[Pd]. The summed E-state index contributed by atoms with van der Waals surface area (Å²) in [6.07, 6.45) is 14.5. The van der Waals surface area contributed by atoms with Gasteiger partial charge >= 0.3 is 0 Å². The third-order valence-corrected chi connectivity index (χ3v) is 1.29. The second kappa shape index (κ2) is 13.3. The normalized spacial score (nSPS) is 14.5. The fraction of sp³-hybridized carbons (Fsp3) is 0.500. The molecule has 0 radical (unpaired) electrons. The first-order chi connectivity index (χ1) is 4.00. The molecule has 0 amide bonds. The molecule has 3 heteroatoms. The summed E-state index contributed by atoms with van der Waals surface area (Å²) in [5.74, 6) is 0. The van der Waals surface area contributed by atoms with Gasteiger partial charge in [0.2, 0.25) is 0 Å². The van der Waals surface area contributed by atoms with Gasteiger partial charge in [-0.1, -0.05) is 19.3 Å². The first-order valence-corrected chi connectivity index (χ1v) is 3.22. The van der Waals surface area contributed by atoms with E-state index in [4.69, 9.17) is 0 Å². The zero-order valence-corrected chi connectivity index (χ0v) is 9.38. The fourth-order valence-electron chi connectivity index (χ4n) is 0.805. The molecule has 0 bridgehead atoms. The van der Waals surface area contributed by atoms with Gasteiger partial charge in [0, 0.05) is 20.4 Å². The van der Waals surface area contributed by atoms with Crippen LogP contribution in [0.2, 0.25) is 0 Å². The Morgan fingerprint density at radius 3 is 2.55 bits per heavy atom. The minimum Gasteiger partial charge on any atom is -0.275 e. The summed E-state index contributed by atoms with van der Waals surface area (Å²) in [7, 11) is 0. The molecule has 0 saturated heterocycles. The molecule has 1 aliphatic rings. The number of hydrogen-bond donors (Lipinski definition) is 0. The van der Waals surface area contributed by atoms with Gasteiger partial charge in [0.1, 0.15) is 0 Å². The van der Waals surface area contributed by atoms with Crippen LogP contribution in [0.25, 0.3) is 0 Å². The van der Waals surface area contributed by atoms with Crippen molar-refractivity contribution in [1.29, 1.82) is 0 Å². The molecule has 0 atom stereocenters. The summed E-state index contributed by atoms with van der Waals surface area (Å²) in [5, 5.41) is 0. The quantitative estimate of drug-likeness (QED) is 0.473. The molecule has 0 spiro atoms. The van der Waals surface area contributed by atoms with Gasteiger partial charge in [0.05, 0.1) is 0 Å². The van der Waals surface area contributed by atoms with Crippen molar-refractivity contribution < 1.29 is 20.4 Å². The minimum absolute atomic E-state index is 0. The van der Waals surface area contributed by atoms with Crippen LogP contribution in [0.5, 0.6) is 0 Å². The average Bonchev–Trinajstić information content (AvgIpc) is 1.62. The topological polar surface area (TPSA) is 0 Å². The molecule has 0 fully saturated rings. The largest absolute Gasteiger partial charge is 0.275 e. The molecule has 0 aromatic rings. The summed E-state index contributed by atoms with van der Waals surface area (Å²) in [6.45, 7) is 0. The van der Waals surface area contributed by atoms with E-state index in [-0.39, 0.29) is 45.2 Å². The van der Waals surface area contributed by atoms with Crippen LogP contribution in [0.1, 0.15) is 25.7 Å². The van der Waals surface area contributed by atoms with Crippen LogP contribution in [0, 0.1) is 6.08 Å². The Labute approximate surface area is 95.0 Å². The Kier molecular flexibility index (Phi) is 21.5. The van der Waals surface area contributed by atoms with Crippen LogP contribution in [0.15, 0.2) is 18.2 Å². The summed E-state index contributed by atoms with van der Waals surface area (Å²) in [5.41, 5.74) is 0. The van der Waals surface area contributed by atoms with Gasteiger partial charge in [0.15, 0.2) is 0 Å². The molecule has 1 rings (SSSR count). The van der Waals surface area contributed by atoms with Gasteiger partial charge in [-0.2, -0.15) is 6.08 Å². The van der Waals surface area contributed by atoms with Crippen molar-refractivity contribution in [3.63, 3.8) is 0 Å². The number of halogens is 2. The Balaban J connectivity index is -0.000000213. The molecular weight excluding hydrogens is 273 g/mol. The molecule has 0 heterocycles. The third kappa shape index (κ3) is 10.7. The summed E-state index contributed by atoms with van der Waals surface area (Å²) in [6, 6.07) is 0. The smallest absolute Gasteiger partial charge is 0 e.